The first-order valence-corrected chi connectivity index (χ1v) is 12.2. The molecule has 0 radical (unpaired) electrons. The number of carbonyl (C=O) groups is 1. The van der Waals surface area contributed by atoms with Crippen LogP contribution in [0.4, 0.5) is 0 Å². The first kappa shape index (κ1) is 23.5. The lowest BCUT2D eigenvalue weighted by atomic mass is 9.91. The van der Waals surface area contributed by atoms with Crippen LogP contribution in [0.5, 0.6) is 0 Å². The second kappa shape index (κ2) is 10.5. The van der Waals surface area contributed by atoms with Crippen LogP contribution < -0.4 is 0 Å². The van der Waals surface area contributed by atoms with E-state index in [1.807, 2.05) is 55.4 Å². The summed E-state index contributed by atoms with van der Waals surface area (Å²) in [7, 11) is 1.90. The molecule has 1 saturated heterocycles. The smallest absolute Gasteiger partial charge is 0.268 e. The first-order chi connectivity index (χ1) is 15.9. The summed E-state index contributed by atoms with van der Waals surface area (Å²) in [4.78, 5) is 13.2. The van der Waals surface area contributed by atoms with Gasteiger partial charge in [0.2, 0.25) is 0 Å². The number of aryl methyl sites for hydroxylation is 3. The molecule has 1 fully saturated rings. The predicted octanol–water partition coefficient (Wildman–Crippen LogP) is 6.96. The quantitative estimate of drug-likeness (QED) is 0.397. The van der Waals surface area contributed by atoms with Gasteiger partial charge in [-0.2, -0.15) is 0 Å². The molecule has 0 bridgehead atoms. The summed E-state index contributed by atoms with van der Waals surface area (Å²) in [6.45, 7) is 6.01. The molecule has 3 nitrogen and oxygen atoms in total. The molecule has 33 heavy (non-hydrogen) atoms. The van der Waals surface area contributed by atoms with E-state index in [4.69, 9.17) is 11.6 Å². The number of halogens is 1. The summed E-state index contributed by atoms with van der Waals surface area (Å²) >= 11 is 6.01. The van der Waals surface area contributed by atoms with Crippen LogP contribution in [0.2, 0.25) is 5.02 Å². The Morgan fingerprint density at radius 2 is 1.58 bits per heavy atom. The van der Waals surface area contributed by atoms with Gasteiger partial charge in [0.25, 0.3) is 5.91 Å². The van der Waals surface area contributed by atoms with Gasteiger partial charge in [0.05, 0.1) is 0 Å². The lowest BCUT2D eigenvalue weighted by molar-refractivity contribution is -0.0147. The molecule has 0 aliphatic carbocycles. The van der Waals surface area contributed by atoms with Gasteiger partial charge in [-0.15, -0.1) is 0 Å². The SMILES string of the molecule is Cc1ccc(CCC2CCN(N(C)C(=O)c3ccc(-c4ccc(Cl)cc4)cc3C)CC2)cc1. The Morgan fingerprint density at radius 3 is 2.21 bits per heavy atom. The standard InChI is InChI=1S/C29H33ClN2O/c1-21-4-6-23(7-5-21)8-9-24-16-18-32(19-17-24)31(3)29(33)28-15-12-26(20-22(28)2)25-10-13-27(30)14-11-25/h4-7,10-15,20,24H,8-9,16-19H2,1-3H3. The fourth-order valence-corrected chi connectivity index (χ4v) is 4.79. The largest absolute Gasteiger partial charge is 0.274 e. The number of carbonyl (C=O) groups excluding carboxylic acids is 1. The number of amides is 1. The van der Waals surface area contributed by atoms with E-state index in [1.54, 1.807) is 0 Å². The molecule has 0 spiro atoms. The van der Waals surface area contributed by atoms with Crippen LogP contribution in [-0.2, 0) is 6.42 Å². The predicted molar refractivity (Wildman–Crippen MR) is 138 cm³/mol. The number of hydrogen-bond donors (Lipinski definition) is 0. The zero-order valence-corrected chi connectivity index (χ0v) is 20.6. The van der Waals surface area contributed by atoms with Crippen molar-refractivity contribution in [1.82, 2.24) is 10.0 Å². The zero-order chi connectivity index (χ0) is 23.4. The molecule has 1 amide bonds. The summed E-state index contributed by atoms with van der Waals surface area (Å²) in [5, 5.41) is 4.75. The van der Waals surface area contributed by atoms with E-state index in [0.29, 0.717) is 0 Å². The van der Waals surface area contributed by atoms with Gasteiger partial charge in [0, 0.05) is 30.7 Å². The molecule has 1 aliphatic heterocycles. The van der Waals surface area contributed by atoms with Crippen molar-refractivity contribution < 1.29 is 4.79 Å². The van der Waals surface area contributed by atoms with E-state index < -0.39 is 0 Å². The molecule has 0 unspecified atom stereocenters. The maximum absolute atomic E-state index is 13.2. The van der Waals surface area contributed by atoms with Gasteiger partial charge in [0.15, 0.2) is 0 Å². The second-order valence-corrected chi connectivity index (χ2v) is 9.72. The molecule has 0 N–H and O–H groups in total. The van der Waals surface area contributed by atoms with Crippen LogP contribution in [0.3, 0.4) is 0 Å². The van der Waals surface area contributed by atoms with Gasteiger partial charge in [-0.3, -0.25) is 9.80 Å². The van der Waals surface area contributed by atoms with Crippen molar-refractivity contribution in [2.75, 3.05) is 20.1 Å². The molecule has 3 aromatic carbocycles. The Morgan fingerprint density at radius 1 is 0.939 bits per heavy atom. The molecule has 0 aromatic heterocycles. The lowest BCUT2D eigenvalue weighted by Gasteiger charge is -2.38. The van der Waals surface area contributed by atoms with Crippen molar-refractivity contribution in [3.8, 4) is 11.1 Å². The molecule has 172 valence electrons. The maximum atomic E-state index is 13.2. The molecule has 1 aliphatic rings. The van der Waals surface area contributed by atoms with Gasteiger partial charge in [-0.25, -0.2) is 5.01 Å². The average Bonchev–Trinajstić information content (AvgIpc) is 2.83. The average molecular weight is 461 g/mol. The number of hydrazine groups is 1. The van der Waals surface area contributed by atoms with Gasteiger partial charge in [0.1, 0.15) is 0 Å². The highest BCUT2D eigenvalue weighted by Gasteiger charge is 2.25. The minimum Gasteiger partial charge on any atom is -0.274 e. The lowest BCUT2D eigenvalue weighted by Crippen LogP contribution is -2.48. The Kier molecular flexibility index (Phi) is 7.52. The third-order valence-corrected chi connectivity index (χ3v) is 7.16. The van der Waals surface area contributed by atoms with Crippen LogP contribution in [0, 0.1) is 19.8 Å². The summed E-state index contributed by atoms with van der Waals surface area (Å²) in [5.74, 6) is 0.791. The second-order valence-electron chi connectivity index (χ2n) is 9.29. The van der Waals surface area contributed by atoms with Crippen molar-refractivity contribution >= 4 is 17.5 Å². The Labute approximate surface area is 203 Å². The molecule has 3 aromatic rings. The monoisotopic (exact) mass is 460 g/mol. The van der Waals surface area contributed by atoms with E-state index in [9.17, 15) is 4.79 Å². The van der Waals surface area contributed by atoms with E-state index in [1.165, 1.54) is 17.5 Å². The van der Waals surface area contributed by atoms with Crippen molar-refractivity contribution in [3.05, 3.63) is 94.0 Å². The Balaban J connectivity index is 1.32. The van der Waals surface area contributed by atoms with Crippen LogP contribution in [0.15, 0.2) is 66.7 Å². The van der Waals surface area contributed by atoms with Crippen LogP contribution in [0.1, 0.15) is 46.3 Å². The first-order valence-electron chi connectivity index (χ1n) is 11.9. The summed E-state index contributed by atoms with van der Waals surface area (Å²) < 4.78 is 0. The molecule has 4 heteroatoms. The third kappa shape index (κ3) is 5.85. The number of piperidine rings is 1. The maximum Gasteiger partial charge on any atom is 0.268 e. The van der Waals surface area contributed by atoms with E-state index in [2.05, 4.69) is 42.3 Å². The molecule has 0 saturated carbocycles. The van der Waals surface area contributed by atoms with Gasteiger partial charge < -0.3 is 0 Å². The highest BCUT2D eigenvalue weighted by molar-refractivity contribution is 6.30. The van der Waals surface area contributed by atoms with Crippen molar-refractivity contribution in [3.63, 3.8) is 0 Å². The van der Waals surface area contributed by atoms with Crippen molar-refractivity contribution in [1.29, 1.82) is 0 Å². The highest BCUT2D eigenvalue weighted by Crippen LogP contribution is 2.27. The topological polar surface area (TPSA) is 23.6 Å². The molecule has 4 rings (SSSR count). The van der Waals surface area contributed by atoms with Crippen molar-refractivity contribution in [2.45, 2.75) is 39.5 Å². The number of nitrogens with zero attached hydrogens (tertiary/aromatic N) is 2. The zero-order valence-electron chi connectivity index (χ0n) is 19.9. The minimum atomic E-state index is 0.0632. The van der Waals surface area contributed by atoms with E-state index >= 15 is 0 Å². The number of benzene rings is 3. The molecular weight excluding hydrogens is 428 g/mol. The number of hydrogen-bond acceptors (Lipinski definition) is 2. The number of rotatable bonds is 6. The van der Waals surface area contributed by atoms with Gasteiger partial charge in [-0.1, -0.05) is 65.7 Å². The normalized spacial score (nSPS) is 14.9. The molecule has 1 heterocycles. The highest BCUT2D eigenvalue weighted by atomic mass is 35.5. The fourth-order valence-electron chi connectivity index (χ4n) is 4.66. The molecule has 0 atom stereocenters. The molecular formula is C29H33ClN2O. The third-order valence-electron chi connectivity index (χ3n) is 6.91. The van der Waals surface area contributed by atoms with Crippen LogP contribution >= 0.6 is 11.6 Å². The van der Waals surface area contributed by atoms with Crippen LogP contribution in [0.25, 0.3) is 11.1 Å². The van der Waals surface area contributed by atoms with Crippen LogP contribution in [-0.4, -0.2) is 36.1 Å². The fraction of sp³-hybridized carbons (Fsp3) is 0.345. The van der Waals surface area contributed by atoms with E-state index in [0.717, 1.165) is 65.5 Å². The van der Waals surface area contributed by atoms with E-state index in [-0.39, 0.29) is 5.91 Å². The minimum absolute atomic E-state index is 0.0632. The summed E-state index contributed by atoms with van der Waals surface area (Å²) in [6.07, 6.45) is 4.63. The van der Waals surface area contributed by atoms with Crippen molar-refractivity contribution in [2.24, 2.45) is 5.92 Å². The Bertz CT molecular complexity index is 1080. The van der Waals surface area contributed by atoms with Gasteiger partial charge in [-0.05, 0) is 85.9 Å². The van der Waals surface area contributed by atoms with Gasteiger partial charge >= 0.3 is 0 Å². The summed E-state index contributed by atoms with van der Waals surface area (Å²) in [5.41, 5.74) is 6.69. The summed E-state index contributed by atoms with van der Waals surface area (Å²) in [6, 6.07) is 22.7. The Hall–Kier alpha value is -2.62.